The Morgan fingerprint density at radius 3 is 0.318 bits per heavy atom. The number of quaternary nitrogens is 4. The molecule has 0 aromatic heterocycles. The van der Waals surface area contributed by atoms with Gasteiger partial charge in [0, 0.05) is 25.7 Å². The van der Waals surface area contributed by atoms with Crippen molar-refractivity contribution in [1.82, 2.24) is 118 Å². The molecule has 0 spiro atoms. The van der Waals surface area contributed by atoms with Gasteiger partial charge in [0.15, 0.2) is 74.0 Å². The second-order valence-corrected chi connectivity index (χ2v) is 26.9. The fourth-order valence-corrected chi connectivity index (χ4v) is 18.6. The molecule has 0 radical (unpaired) electrons. The number of carbonyl (C=O) groups is 12. The van der Waals surface area contributed by atoms with Gasteiger partial charge in [0.2, 0.25) is 0 Å². The molecule has 24 amide bonds. The molecule has 2 aliphatic carbocycles. The minimum Gasteiger partial charge on any atom is -0.350 e. The van der Waals surface area contributed by atoms with Crippen molar-refractivity contribution in [2.45, 2.75) is 150 Å². The predicted molar refractivity (Wildman–Crippen MR) is 276 cm³/mol. The second-order valence-electron chi connectivity index (χ2n) is 26.9. The van der Waals surface area contributed by atoms with Crippen LogP contribution in [0.2, 0.25) is 0 Å². The first-order chi connectivity index (χ1) is 42.3. The molecule has 40 nitrogen and oxygen atoms in total. The van der Waals surface area contributed by atoms with Crippen LogP contribution in [0.4, 0.5) is 57.5 Å². The minimum atomic E-state index is -1.16. The Bertz CT molecular complexity index is 2480. The van der Waals surface area contributed by atoms with Crippen LogP contribution in [-0.2, 0) is 0 Å². The Morgan fingerprint density at radius 2 is 0.250 bits per heavy atom. The molecule has 88 heavy (non-hydrogen) atoms. The van der Waals surface area contributed by atoms with Crippen molar-refractivity contribution in [3.63, 3.8) is 0 Å². The summed E-state index contributed by atoms with van der Waals surface area (Å²) in [4.78, 5) is 213. The van der Waals surface area contributed by atoms with Gasteiger partial charge in [-0.05, 0) is 25.7 Å². The van der Waals surface area contributed by atoms with Crippen molar-refractivity contribution in [1.29, 1.82) is 0 Å². The smallest absolute Gasteiger partial charge is 0.326 e. The summed E-state index contributed by atoms with van der Waals surface area (Å²) in [5.41, 5.74) is 16.1. The van der Waals surface area contributed by atoms with Gasteiger partial charge in [-0.25, -0.2) is 57.5 Å². The highest BCUT2D eigenvalue weighted by molar-refractivity contribution is 5.95. The van der Waals surface area contributed by atoms with E-state index in [0.29, 0.717) is 24.2 Å². The van der Waals surface area contributed by atoms with Crippen LogP contribution in [0.25, 0.3) is 0 Å². The molecule has 20 rings (SSSR count). The first kappa shape index (κ1) is 51.2. The highest BCUT2D eigenvalue weighted by Crippen LogP contribution is 2.51. The molecule has 4 atom stereocenters. The number of amides is 24. The summed E-state index contributed by atoms with van der Waals surface area (Å²) < 4.78 is 0. The Hall–Kier alpha value is -8.92. The van der Waals surface area contributed by atoms with Crippen molar-refractivity contribution in [2.24, 2.45) is 0 Å². The second kappa shape index (κ2) is 16.6. The minimum absolute atomic E-state index is 0.457. The normalized spacial score (nSPS) is 40.2. The molecule has 468 valence electrons. The Kier molecular flexibility index (Phi) is 9.66. The summed E-state index contributed by atoms with van der Waals surface area (Å²) in [6, 6.07) is -5.33. The summed E-state index contributed by atoms with van der Waals surface area (Å²) in [5.74, 6) is 0. The van der Waals surface area contributed by atoms with Crippen LogP contribution in [-0.4, -0.2) is 368 Å². The van der Waals surface area contributed by atoms with Crippen LogP contribution in [0.15, 0.2) is 0 Å². The standard InChI is InChI=1S/C36H36N24O12.2C6H14N2/c61-25-37-1-38-14-16-42(26(38)62)4-46-18-20-50(30(46)66)8-54-22-24-58(34(54)70)11-57-23-21-53(33(57)69)7-49-19-17-45(29(49)65)3-41(25)15-13(37)39-2-40(14)28(64)44(16)6-48(18)32(68)52(20)10-56(22)36(72)60(24)12-59(23)35(71)55(21)9-51(19)31(67)47(17)5-43(15)27(39)63;2*7-5-3-1-2-4-6(5)8/h13-24H,1-12H2;2*5-6H,1-4,7-8H2/p+4/t;2*5-,6-/m.10/s1. The lowest BCUT2D eigenvalue weighted by Crippen LogP contribution is -2.80. The zero-order valence-electron chi connectivity index (χ0n) is 47.8. The van der Waals surface area contributed by atoms with Gasteiger partial charge in [0.1, 0.15) is 104 Å². The molecule has 0 bridgehead atoms. The maximum Gasteiger partial charge on any atom is 0.326 e. The fourth-order valence-electron chi connectivity index (χ4n) is 18.6. The van der Waals surface area contributed by atoms with Gasteiger partial charge in [0.05, 0.1) is 0 Å². The van der Waals surface area contributed by atoms with Crippen molar-refractivity contribution in [3.8, 4) is 0 Å². The Labute approximate surface area is 498 Å². The molecule has 0 aromatic carbocycles. The van der Waals surface area contributed by atoms with E-state index in [4.69, 9.17) is 0 Å². The van der Waals surface area contributed by atoms with E-state index < -0.39 is 226 Å². The highest BCUT2D eigenvalue weighted by atomic mass is 16.3. The molecular weight excluding hydrogens is 1160 g/mol. The van der Waals surface area contributed by atoms with Gasteiger partial charge in [-0.15, -0.1) is 0 Å². The summed E-state index contributed by atoms with van der Waals surface area (Å²) in [6.45, 7) is -5.48. The largest absolute Gasteiger partial charge is 0.350 e. The van der Waals surface area contributed by atoms with Crippen molar-refractivity contribution in [2.75, 3.05) is 80.0 Å². The molecular formula is C48H68N28O12+4. The van der Waals surface area contributed by atoms with Crippen LogP contribution in [0.3, 0.4) is 0 Å². The maximum absolute atomic E-state index is 15.1. The zero-order valence-corrected chi connectivity index (χ0v) is 47.8. The number of hydrogen-bond donors (Lipinski definition) is 4. The molecule has 40 heteroatoms. The van der Waals surface area contributed by atoms with Gasteiger partial charge >= 0.3 is 72.4 Å². The van der Waals surface area contributed by atoms with E-state index in [2.05, 4.69) is 22.9 Å². The van der Waals surface area contributed by atoms with Gasteiger partial charge in [-0.1, -0.05) is 0 Å². The average Bonchev–Trinajstić information content (AvgIpc) is 1.61. The predicted octanol–water partition coefficient (Wildman–Crippen LogP) is -8.10. The third-order valence-corrected chi connectivity index (χ3v) is 23.0. The number of nitrogens with zero attached hydrogens (tertiary/aromatic N) is 24. The first-order valence-corrected chi connectivity index (χ1v) is 30.5. The van der Waals surface area contributed by atoms with E-state index in [1.165, 1.54) is 169 Å². The lowest BCUT2D eigenvalue weighted by molar-refractivity contribution is -0.534. The summed E-state index contributed by atoms with van der Waals surface area (Å²) in [6.07, 6.45) is -3.22. The summed E-state index contributed by atoms with van der Waals surface area (Å²) in [5, 5.41) is 0. The highest BCUT2D eigenvalue weighted by Gasteiger charge is 2.76. The third-order valence-electron chi connectivity index (χ3n) is 23.0. The van der Waals surface area contributed by atoms with Gasteiger partial charge in [0.25, 0.3) is 0 Å². The van der Waals surface area contributed by atoms with E-state index in [9.17, 15) is 0 Å². The molecule has 2 saturated carbocycles. The molecule has 18 saturated heterocycles. The summed E-state index contributed by atoms with van der Waals surface area (Å²) >= 11 is 0. The average molecular weight is 1230 g/mol. The molecule has 0 unspecified atom stereocenters. The maximum atomic E-state index is 15.1. The first-order valence-electron chi connectivity index (χ1n) is 30.5. The quantitative estimate of drug-likeness (QED) is 0.176. The molecule has 18 heterocycles. The van der Waals surface area contributed by atoms with E-state index in [1.54, 1.807) is 0 Å². The fraction of sp³-hybridized carbons (Fsp3) is 0.750. The molecule has 20 fully saturated rings. The topological polar surface area (TPSA) is 393 Å². The van der Waals surface area contributed by atoms with Crippen molar-refractivity contribution >= 4 is 72.4 Å². The number of carbonyl (C=O) groups excluding carboxylic acids is 12. The van der Waals surface area contributed by atoms with E-state index in [-0.39, 0.29) is 0 Å². The van der Waals surface area contributed by atoms with Gasteiger partial charge in [-0.2, -0.15) is 0 Å². The Balaban J connectivity index is 0.000000309. The van der Waals surface area contributed by atoms with Crippen LogP contribution in [0, 0.1) is 0 Å². The van der Waals surface area contributed by atoms with Crippen LogP contribution >= 0.6 is 0 Å². The summed E-state index contributed by atoms with van der Waals surface area (Å²) in [7, 11) is 0. The Morgan fingerprint density at radius 1 is 0.170 bits per heavy atom. The molecule has 18 aliphatic heterocycles. The van der Waals surface area contributed by atoms with E-state index in [0.717, 1.165) is 0 Å². The van der Waals surface area contributed by atoms with Crippen LogP contribution in [0.1, 0.15) is 51.4 Å². The third kappa shape index (κ3) is 5.81. The van der Waals surface area contributed by atoms with Gasteiger partial charge < -0.3 is 22.9 Å². The number of hydrogen-bond acceptors (Lipinski definition) is 12. The number of rotatable bonds is 0. The van der Waals surface area contributed by atoms with Gasteiger partial charge in [-0.3, -0.25) is 118 Å². The van der Waals surface area contributed by atoms with E-state index >= 15 is 57.5 Å². The molecule has 20 aliphatic rings. The number of urea groups is 12. The van der Waals surface area contributed by atoms with Crippen LogP contribution < -0.4 is 22.9 Å². The lowest BCUT2D eigenvalue weighted by atomic mass is 9.92. The van der Waals surface area contributed by atoms with Crippen molar-refractivity contribution in [3.05, 3.63) is 0 Å². The molecule has 0 aromatic rings. The SMILES string of the molecule is O=C1N2CN3C(=O)N4CN5C(=O)N6CN7C(=O)N8CN9C(=O)N%10CN%11C(=O)N%12CN1C1C2N2CN%13C(=O)N(CN%14C(=O)N(CN%15C(=O)N(CN%16C(=O)N(CN%17C(=O)N(CN1C2=O)C%12C%11%17)C%10C9%16)C8C7%15)C6C5%14)C4C3%13.[NH3+][C@@H]1CCCC[C@H]1[NH3+].[NH3+][C@H]1CCCC[C@@H]1[NH3+]. The lowest BCUT2D eigenvalue weighted by Gasteiger charge is -2.42. The van der Waals surface area contributed by atoms with E-state index in [1.807, 2.05) is 0 Å². The van der Waals surface area contributed by atoms with Crippen molar-refractivity contribution < 1.29 is 80.5 Å². The molecule has 12 N–H and O–H groups in total. The van der Waals surface area contributed by atoms with Crippen LogP contribution in [0.5, 0.6) is 0 Å². The zero-order chi connectivity index (χ0) is 60.2. The monoisotopic (exact) mass is 1230 g/mol.